The second-order valence-electron chi connectivity index (χ2n) is 6.96. The maximum Gasteiger partial charge on any atom is 0.257 e. The Morgan fingerprint density at radius 3 is 2.48 bits per heavy atom. The van der Waals surface area contributed by atoms with Crippen LogP contribution in [0.2, 0.25) is 0 Å². The number of anilines is 1. The third-order valence-electron chi connectivity index (χ3n) is 4.90. The monoisotopic (exact) mass is 391 g/mol. The van der Waals surface area contributed by atoms with Gasteiger partial charge in [0, 0.05) is 31.5 Å². The average molecular weight is 391 g/mol. The highest BCUT2D eigenvalue weighted by Crippen LogP contribution is 2.23. The first-order valence-electron chi connectivity index (χ1n) is 9.69. The fourth-order valence-corrected chi connectivity index (χ4v) is 3.34. The molecular weight excluding hydrogens is 369 g/mol. The predicted octanol–water partition coefficient (Wildman–Crippen LogP) is 4.54. The minimum Gasteiger partial charge on any atom is -0.438 e. The summed E-state index contributed by atoms with van der Waals surface area (Å²) in [6.45, 7) is 2.62. The summed E-state index contributed by atoms with van der Waals surface area (Å²) >= 11 is 0. The van der Waals surface area contributed by atoms with E-state index in [1.54, 1.807) is 18.3 Å². The van der Waals surface area contributed by atoms with E-state index in [4.69, 9.17) is 4.74 Å². The van der Waals surface area contributed by atoms with Crippen LogP contribution in [0.25, 0.3) is 0 Å². The maximum atomic E-state index is 13.1. The number of benzene rings is 2. The zero-order chi connectivity index (χ0) is 20.1. The highest BCUT2D eigenvalue weighted by Gasteiger charge is 2.15. The summed E-state index contributed by atoms with van der Waals surface area (Å²) in [4.78, 5) is 19.2. The lowest BCUT2D eigenvalue weighted by Crippen LogP contribution is -2.23. The molecule has 6 heteroatoms. The van der Waals surface area contributed by atoms with E-state index in [0.717, 1.165) is 18.7 Å². The molecule has 1 saturated heterocycles. The van der Waals surface area contributed by atoms with E-state index in [2.05, 4.69) is 27.3 Å². The fraction of sp³-hybridized carbons (Fsp3) is 0.217. The van der Waals surface area contributed by atoms with Crippen LogP contribution in [-0.2, 0) is 6.54 Å². The van der Waals surface area contributed by atoms with Gasteiger partial charge >= 0.3 is 0 Å². The van der Waals surface area contributed by atoms with Crippen molar-refractivity contribution in [3.63, 3.8) is 0 Å². The van der Waals surface area contributed by atoms with Gasteiger partial charge in [-0.3, -0.25) is 4.79 Å². The van der Waals surface area contributed by atoms with Crippen LogP contribution in [0.5, 0.6) is 11.6 Å². The van der Waals surface area contributed by atoms with Gasteiger partial charge in [-0.15, -0.1) is 0 Å². The van der Waals surface area contributed by atoms with Crippen molar-refractivity contribution in [3.8, 4) is 11.6 Å². The third-order valence-corrected chi connectivity index (χ3v) is 4.90. The van der Waals surface area contributed by atoms with Crippen molar-refractivity contribution in [2.75, 3.05) is 18.0 Å². The van der Waals surface area contributed by atoms with Crippen molar-refractivity contribution < 1.29 is 13.9 Å². The molecule has 0 bridgehead atoms. The van der Waals surface area contributed by atoms with E-state index < -0.39 is 0 Å². The van der Waals surface area contributed by atoms with Crippen LogP contribution < -0.4 is 15.0 Å². The minimum atomic E-state index is -0.355. The van der Waals surface area contributed by atoms with Gasteiger partial charge < -0.3 is 15.0 Å². The molecule has 148 valence electrons. The molecule has 1 N–H and O–H groups in total. The molecule has 1 aliphatic heterocycles. The summed E-state index contributed by atoms with van der Waals surface area (Å²) in [6, 6.07) is 17.2. The molecule has 0 unspecified atom stereocenters. The molecular formula is C23H22FN3O2. The van der Waals surface area contributed by atoms with Crippen LogP contribution in [0, 0.1) is 5.82 Å². The van der Waals surface area contributed by atoms with Gasteiger partial charge in [0.1, 0.15) is 17.1 Å². The normalized spacial score (nSPS) is 13.3. The van der Waals surface area contributed by atoms with Gasteiger partial charge in [0.05, 0.1) is 0 Å². The molecule has 0 saturated carbocycles. The number of carbonyl (C=O) groups excluding carboxylic acids is 1. The highest BCUT2D eigenvalue weighted by atomic mass is 19.1. The zero-order valence-electron chi connectivity index (χ0n) is 16.0. The Kier molecular flexibility index (Phi) is 5.70. The standard InChI is InChI=1S/C23H22FN3O2/c24-18-7-11-20(12-8-18)29-23-21(4-3-13-25-23)22(28)26-16-17-5-9-19(10-6-17)27-14-1-2-15-27/h3-13H,1-2,14-16H2,(H,26,28). The van der Waals surface area contributed by atoms with E-state index in [1.807, 2.05) is 12.1 Å². The van der Waals surface area contributed by atoms with Crippen molar-refractivity contribution in [1.29, 1.82) is 0 Å². The number of halogens is 1. The number of hydrogen-bond donors (Lipinski definition) is 1. The van der Waals surface area contributed by atoms with Crippen LogP contribution in [0.4, 0.5) is 10.1 Å². The van der Waals surface area contributed by atoms with Crippen LogP contribution >= 0.6 is 0 Å². The van der Waals surface area contributed by atoms with Crippen molar-refractivity contribution >= 4 is 11.6 Å². The predicted molar refractivity (Wildman–Crippen MR) is 110 cm³/mol. The number of carbonyl (C=O) groups is 1. The van der Waals surface area contributed by atoms with Crippen molar-refractivity contribution in [2.45, 2.75) is 19.4 Å². The van der Waals surface area contributed by atoms with Crippen LogP contribution in [0.15, 0.2) is 66.9 Å². The summed E-state index contributed by atoms with van der Waals surface area (Å²) in [5.41, 5.74) is 2.57. The number of hydrogen-bond acceptors (Lipinski definition) is 4. The number of nitrogens with one attached hydrogen (secondary N) is 1. The second-order valence-corrected chi connectivity index (χ2v) is 6.96. The van der Waals surface area contributed by atoms with Crippen LogP contribution in [0.1, 0.15) is 28.8 Å². The molecule has 0 spiro atoms. The van der Waals surface area contributed by atoms with Gasteiger partial charge in [0.15, 0.2) is 0 Å². The number of pyridine rings is 1. The Hall–Kier alpha value is -3.41. The number of nitrogens with zero attached hydrogens (tertiary/aromatic N) is 2. The molecule has 0 radical (unpaired) electrons. The Labute approximate surface area is 169 Å². The van der Waals surface area contributed by atoms with Crippen molar-refractivity contribution in [2.24, 2.45) is 0 Å². The van der Waals surface area contributed by atoms with Gasteiger partial charge in [0.25, 0.3) is 5.91 Å². The first-order valence-corrected chi connectivity index (χ1v) is 9.69. The van der Waals surface area contributed by atoms with Gasteiger partial charge in [-0.25, -0.2) is 9.37 Å². The second kappa shape index (κ2) is 8.73. The molecule has 4 rings (SSSR count). The van der Waals surface area contributed by atoms with Crippen molar-refractivity contribution in [1.82, 2.24) is 10.3 Å². The van der Waals surface area contributed by atoms with E-state index in [1.165, 1.54) is 42.8 Å². The molecule has 2 aromatic carbocycles. The molecule has 5 nitrogen and oxygen atoms in total. The summed E-state index contributed by atoms with van der Waals surface area (Å²) in [7, 11) is 0. The molecule has 3 aromatic rings. The summed E-state index contributed by atoms with van der Waals surface area (Å²) in [5, 5.41) is 2.91. The Bertz CT molecular complexity index is 968. The molecule has 0 aliphatic carbocycles. The molecule has 0 atom stereocenters. The summed E-state index contributed by atoms with van der Waals surface area (Å²) < 4.78 is 18.7. The number of amides is 1. The van der Waals surface area contributed by atoms with E-state index in [-0.39, 0.29) is 17.6 Å². The lowest BCUT2D eigenvalue weighted by Gasteiger charge is -2.17. The average Bonchev–Trinajstić information content (AvgIpc) is 3.29. The number of rotatable bonds is 6. The molecule has 1 fully saturated rings. The Balaban J connectivity index is 1.40. The summed E-state index contributed by atoms with van der Waals surface area (Å²) in [6.07, 6.45) is 4.03. The molecule has 1 aliphatic rings. The molecule has 1 aromatic heterocycles. The quantitative estimate of drug-likeness (QED) is 0.670. The minimum absolute atomic E-state index is 0.181. The molecule has 29 heavy (non-hydrogen) atoms. The van der Waals surface area contributed by atoms with Crippen molar-refractivity contribution in [3.05, 3.63) is 83.8 Å². The molecule has 1 amide bonds. The number of ether oxygens (including phenoxy) is 1. The summed E-state index contributed by atoms with van der Waals surface area (Å²) in [5.74, 6) is -0.0384. The molecule has 2 heterocycles. The maximum absolute atomic E-state index is 13.1. The number of aromatic nitrogens is 1. The first kappa shape index (κ1) is 18.9. The smallest absolute Gasteiger partial charge is 0.257 e. The van der Waals surface area contributed by atoms with Crippen LogP contribution in [0.3, 0.4) is 0 Å². The van der Waals surface area contributed by atoms with E-state index in [9.17, 15) is 9.18 Å². The van der Waals surface area contributed by atoms with Gasteiger partial charge in [-0.2, -0.15) is 0 Å². The SMILES string of the molecule is O=C(NCc1ccc(N2CCCC2)cc1)c1cccnc1Oc1ccc(F)cc1. The largest absolute Gasteiger partial charge is 0.438 e. The topological polar surface area (TPSA) is 54.5 Å². The lowest BCUT2D eigenvalue weighted by molar-refractivity contribution is 0.0948. The lowest BCUT2D eigenvalue weighted by atomic mass is 10.2. The van der Waals surface area contributed by atoms with E-state index in [0.29, 0.717) is 17.9 Å². The Morgan fingerprint density at radius 1 is 1.03 bits per heavy atom. The van der Waals surface area contributed by atoms with Crippen LogP contribution in [-0.4, -0.2) is 24.0 Å². The van der Waals surface area contributed by atoms with Gasteiger partial charge in [-0.1, -0.05) is 12.1 Å². The third kappa shape index (κ3) is 4.71. The fourth-order valence-electron chi connectivity index (χ4n) is 3.34. The highest BCUT2D eigenvalue weighted by molar-refractivity contribution is 5.96. The Morgan fingerprint density at radius 2 is 1.76 bits per heavy atom. The first-order chi connectivity index (χ1) is 14.2. The van der Waals surface area contributed by atoms with Gasteiger partial charge in [-0.05, 0) is 66.9 Å². The zero-order valence-corrected chi connectivity index (χ0v) is 16.0. The van der Waals surface area contributed by atoms with Gasteiger partial charge in [0.2, 0.25) is 5.88 Å². The van der Waals surface area contributed by atoms with E-state index >= 15 is 0 Å².